The maximum atomic E-state index is 13.0. The molecular formula is C79H136O16P2. The molecular weight excluding hydrogens is 1270 g/mol. The Morgan fingerprint density at radius 1 is 0.299 bits per heavy atom. The van der Waals surface area contributed by atoms with Gasteiger partial charge < -0.3 is 34.2 Å². The van der Waals surface area contributed by atoms with Crippen LogP contribution in [0.5, 0.6) is 0 Å². The van der Waals surface area contributed by atoms with E-state index in [1.165, 1.54) is 64.2 Å². The number of aliphatic hydroxyl groups excluding tert-OH is 2. The van der Waals surface area contributed by atoms with Crippen LogP contribution in [0.2, 0.25) is 0 Å². The van der Waals surface area contributed by atoms with Gasteiger partial charge in [0, 0.05) is 19.3 Å². The van der Waals surface area contributed by atoms with Crippen molar-refractivity contribution in [2.24, 2.45) is 0 Å². The van der Waals surface area contributed by atoms with Crippen molar-refractivity contribution in [2.75, 3.05) is 39.6 Å². The van der Waals surface area contributed by atoms with Crippen LogP contribution in [0.4, 0.5) is 0 Å². The van der Waals surface area contributed by atoms with Crippen LogP contribution in [0, 0.1) is 0 Å². The van der Waals surface area contributed by atoms with Crippen LogP contribution in [-0.4, -0.2) is 95.9 Å². The lowest BCUT2D eigenvalue weighted by molar-refractivity contribution is -0.161. The van der Waals surface area contributed by atoms with Crippen molar-refractivity contribution in [2.45, 2.75) is 322 Å². The third-order valence-electron chi connectivity index (χ3n) is 15.6. The molecule has 0 bridgehead atoms. The van der Waals surface area contributed by atoms with E-state index in [0.717, 1.165) is 180 Å². The molecule has 558 valence electrons. The Morgan fingerprint density at radius 2 is 0.546 bits per heavy atom. The van der Waals surface area contributed by atoms with Crippen molar-refractivity contribution < 1.29 is 75.8 Å². The van der Waals surface area contributed by atoms with Gasteiger partial charge in [0.1, 0.15) is 25.4 Å². The summed E-state index contributed by atoms with van der Waals surface area (Å²) in [5, 5.41) is 20.6. The zero-order chi connectivity index (χ0) is 70.9. The van der Waals surface area contributed by atoms with Crippen LogP contribution >= 0.6 is 15.6 Å². The van der Waals surface area contributed by atoms with Crippen molar-refractivity contribution >= 4 is 33.6 Å². The lowest BCUT2D eigenvalue weighted by Gasteiger charge is -2.21. The lowest BCUT2D eigenvalue weighted by atomic mass is 10.1. The van der Waals surface area contributed by atoms with E-state index in [9.17, 15) is 43.5 Å². The minimum atomic E-state index is -4.94. The van der Waals surface area contributed by atoms with Crippen LogP contribution in [0.1, 0.15) is 303 Å². The average Bonchev–Trinajstić information content (AvgIpc) is 1.77. The van der Waals surface area contributed by atoms with Gasteiger partial charge in [-0.25, -0.2) is 9.13 Å². The first-order valence-electron chi connectivity index (χ1n) is 37.8. The Bertz CT molecular complexity index is 2250. The van der Waals surface area contributed by atoms with Gasteiger partial charge in [-0.1, -0.05) is 271 Å². The first-order chi connectivity index (χ1) is 47.2. The molecule has 16 nitrogen and oxygen atoms in total. The van der Waals surface area contributed by atoms with E-state index in [0.29, 0.717) is 19.3 Å². The Morgan fingerprint density at radius 3 is 0.897 bits per heavy atom. The number of esters is 3. The smallest absolute Gasteiger partial charge is 0.463 e. The minimum Gasteiger partial charge on any atom is -0.463 e. The Labute approximate surface area is 589 Å². The maximum Gasteiger partial charge on any atom is 0.472 e. The van der Waals surface area contributed by atoms with Gasteiger partial charge in [-0.15, -0.1) is 0 Å². The van der Waals surface area contributed by atoms with Crippen molar-refractivity contribution in [3.05, 3.63) is 122 Å². The van der Waals surface area contributed by atoms with Crippen molar-refractivity contribution in [3.63, 3.8) is 0 Å². The number of hydrogen-bond donors (Lipinski definition) is 4. The van der Waals surface area contributed by atoms with E-state index in [2.05, 4.69) is 142 Å². The summed E-state index contributed by atoms with van der Waals surface area (Å²) in [5.41, 5.74) is 0. The number of phosphoric ester groups is 2. The highest BCUT2D eigenvalue weighted by molar-refractivity contribution is 7.47. The molecule has 0 aliphatic carbocycles. The van der Waals surface area contributed by atoms with Crippen LogP contribution < -0.4 is 0 Å². The van der Waals surface area contributed by atoms with Crippen molar-refractivity contribution in [3.8, 4) is 0 Å². The van der Waals surface area contributed by atoms with Crippen LogP contribution in [0.15, 0.2) is 122 Å². The van der Waals surface area contributed by atoms with E-state index in [-0.39, 0.29) is 19.3 Å². The second-order valence-corrected chi connectivity index (χ2v) is 28.0. The number of aliphatic hydroxyl groups is 2. The Kier molecular flexibility index (Phi) is 68.8. The number of hydrogen-bond acceptors (Lipinski definition) is 14. The number of rotatable bonds is 71. The molecule has 0 radical (unpaired) electrons. The van der Waals surface area contributed by atoms with Crippen molar-refractivity contribution in [1.82, 2.24) is 0 Å². The molecule has 0 heterocycles. The van der Waals surface area contributed by atoms with E-state index < -0.39 is 91.5 Å². The molecule has 0 spiro atoms. The van der Waals surface area contributed by atoms with Gasteiger partial charge in [0.2, 0.25) is 0 Å². The highest BCUT2D eigenvalue weighted by Gasteiger charge is 2.29. The SMILES string of the molecule is CC/C=C\C/C=C\C/C=C\C/C=C\C/C=C\CCCCCCCCCC(=O)OCC(O)COP(=O)(O)OCC(O)COP(=O)(O)OCC(COC(=O)CCCCCCCCC/C=C\C/C=C\C/C=C\C/C=C\CCCCC)OC(=O)CCCCCCC/C=C\CCCCCCCC. The standard InChI is InChI=1S/C79H136O16P2/c1-4-7-10-13-16-19-22-25-28-30-32-34-36-38-40-42-45-47-50-53-56-59-62-65-77(82)89-68-74(80)69-91-96(85,86)92-70-75(81)71-93-97(87,88)94-73-76(95-79(84)67-64-61-58-55-52-49-44-27-24-21-18-15-12-9-6-3)72-90-78(83)66-63-60-57-54-51-48-46-43-41-39-37-35-33-31-29-26-23-20-17-14-11-8-5-2/h7,10,16-17,19-20,25-29,32-35,38-41,44,74-76,80-81H,4-6,8-9,11-15,18,21-24,30-31,36-37,42-43,45-73H2,1-3H3,(H,85,86)(H,87,88)/b10-7-,19-16-,20-17-,28-25-,29-26-,34-32-,35-33-,40-38-,41-39-,44-27-. The van der Waals surface area contributed by atoms with Gasteiger partial charge in [-0.05, 0) is 135 Å². The van der Waals surface area contributed by atoms with E-state index >= 15 is 0 Å². The Hall–Kier alpha value is -4.05. The van der Waals surface area contributed by atoms with Crippen LogP contribution in [-0.2, 0) is 55.8 Å². The third-order valence-corrected chi connectivity index (χ3v) is 17.5. The summed E-state index contributed by atoms with van der Waals surface area (Å²) in [6.07, 6.45) is 83.8. The summed E-state index contributed by atoms with van der Waals surface area (Å²) in [4.78, 5) is 58.6. The molecule has 0 fully saturated rings. The molecule has 0 rings (SSSR count). The molecule has 5 atom stereocenters. The fourth-order valence-corrected chi connectivity index (χ4v) is 11.5. The van der Waals surface area contributed by atoms with Crippen LogP contribution in [0.3, 0.4) is 0 Å². The predicted octanol–water partition coefficient (Wildman–Crippen LogP) is 21.8. The summed E-state index contributed by atoms with van der Waals surface area (Å²) >= 11 is 0. The van der Waals surface area contributed by atoms with Gasteiger partial charge in [-0.2, -0.15) is 0 Å². The molecule has 5 unspecified atom stereocenters. The molecule has 0 aromatic rings. The second kappa shape index (κ2) is 71.8. The average molecular weight is 1400 g/mol. The monoisotopic (exact) mass is 1400 g/mol. The molecule has 18 heteroatoms. The topological polar surface area (TPSA) is 231 Å². The summed E-state index contributed by atoms with van der Waals surface area (Å²) in [5.74, 6) is -1.60. The molecule has 97 heavy (non-hydrogen) atoms. The number of phosphoric acid groups is 2. The third kappa shape index (κ3) is 73.0. The number of carbonyl (C=O) groups is 3. The lowest BCUT2D eigenvalue weighted by Crippen LogP contribution is -2.30. The first kappa shape index (κ1) is 93.0. The number of carbonyl (C=O) groups excluding carboxylic acids is 3. The zero-order valence-electron chi connectivity index (χ0n) is 60.7. The second-order valence-electron chi connectivity index (χ2n) is 25.1. The van der Waals surface area contributed by atoms with Gasteiger partial charge in [-0.3, -0.25) is 32.5 Å². The quantitative estimate of drug-likeness (QED) is 0.0146. The molecule has 0 aliphatic rings. The normalized spacial score (nSPS) is 14.8. The number of ether oxygens (including phenoxy) is 3. The summed E-state index contributed by atoms with van der Waals surface area (Å²) < 4.78 is 61.1. The minimum absolute atomic E-state index is 0.0903. The predicted molar refractivity (Wildman–Crippen MR) is 399 cm³/mol. The fraction of sp³-hybridized carbons (Fsp3) is 0.709. The number of unbranched alkanes of at least 4 members (excludes halogenated alkanes) is 28. The molecule has 0 amide bonds. The van der Waals surface area contributed by atoms with E-state index in [4.69, 9.17) is 32.3 Å². The fourth-order valence-electron chi connectivity index (χ4n) is 9.87. The molecule has 0 aromatic carbocycles. The van der Waals surface area contributed by atoms with Gasteiger partial charge in [0.25, 0.3) is 0 Å². The van der Waals surface area contributed by atoms with E-state index in [1.807, 2.05) is 0 Å². The first-order valence-corrected chi connectivity index (χ1v) is 40.8. The van der Waals surface area contributed by atoms with Gasteiger partial charge in [0.15, 0.2) is 6.10 Å². The summed E-state index contributed by atoms with van der Waals surface area (Å²) in [6.45, 7) is 2.51. The molecule has 0 saturated heterocycles. The van der Waals surface area contributed by atoms with Crippen molar-refractivity contribution in [1.29, 1.82) is 0 Å². The summed E-state index contributed by atoms with van der Waals surface area (Å²) in [6, 6.07) is 0. The molecule has 0 aliphatic heterocycles. The Balaban J connectivity index is 4.66. The highest BCUT2D eigenvalue weighted by Crippen LogP contribution is 2.45. The molecule has 0 saturated carbocycles. The highest BCUT2D eigenvalue weighted by atomic mass is 31.2. The van der Waals surface area contributed by atoms with Gasteiger partial charge in [0.05, 0.1) is 26.4 Å². The zero-order valence-corrected chi connectivity index (χ0v) is 62.5. The molecule has 0 aromatic heterocycles. The largest absolute Gasteiger partial charge is 0.472 e. The maximum absolute atomic E-state index is 13.0. The molecule has 4 N–H and O–H groups in total. The number of allylic oxidation sites excluding steroid dienone is 20. The summed E-state index contributed by atoms with van der Waals surface area (Å²) in [7, 11) is -9.80. The van der Waals surface area contributed by atoms with Gasteiger partial charge >= 0.3 is 33.6 Å². The van der Waals surface area contributed by atoms with E-state index in [1.54, 1.807) is 0 Å². The van der Waals surface area contributed by atoms with Crippen LogP contribution in [0.25, 0.3) is 0 Å².